The van der Waals surface area contributed by atoms with E-state index < -0.39 is 35.0 Å². The van der Waals surface area contributed by atoms with E-state index in [0.717, 1.165) is 12.1 Å². The highest BCUT2D eigenvalue weighted by Crippen LogP contribution is 2.39. The molecule has 3 aromatic rings. The largest absolute Gasteiger partial charge is 0.455 e. The predicted molar refractivity (Wildman–Crippen MR) is 127 cm³/mol. The van der Waals surface area contributed by atoms with E-state index in [9.17, 15) is 27.9 Å². The Hall–Kier alpha value is -3.70. The summed E-state index contributed by atoms with van der Waals surface area (Å²) in [6, 6.07) is 7.71. The summed E-state index contributed by atoms with van der Waals surface area (Å²) in [6.07, 6.45) is -0.836. The number of carbonyl (C=O) groups excluding carboxylic acids is 2. The number of halogens is 4. The Morgan fingerprint density at radius 3 is 2.51 bits per heavy atom. The minimum atomic E-state index is -4.69. The van der Waals surface area contributed by atoms with Gasteiger partial charge in [0.25, 0.3) is 5.91 Å². The molecule has 2 aromatic heterocycles. The molecule has 1 aliphatic carbocycles. The van der Waals surface area contributed by atoms with Gasteiger partial charge in [-0.2, -0.15) is 13.2 Å². The van der Waals surface area contributed by atoms with Crippen LogP contribution in [0, 0.1) is 0 Å². The van der Waals surface area contributed by atoms with E-state index >= 15 is 0 Å². The number of aliphatic hydroxyl groups excluding tert-OH is 1. The van der Waals surface area contributed by atoms with E-state index in [2.05, 4.69) is 20.6 Å². The molecule has 2 amide bonds. The fraction of sp³-hybridized carbons (Fsp3) is 0.280. The minimum Gasteiger partial charge on any atom is -0.455 e. The highest BCUT2D eigenvalue weighted by Gasteiger charge is 2.51. The van der Waals surface area contributed by atoms with Crippen molar-refractivity contribution in [1.82, 2.24) is 20.6 Å². The van der Waals surface area contributed by atoms with Crippen LogP contribution >= 0.6 is 11.6 Å². The zero-order chi connectivity index (χ0) is 26.8. The second-order valence-corrected chi connectivity index (χ2v) is 9.06. The molecule has 1 unspecified atom stereocenters. The summed E-state index contributed by atoms with van der Waals surface area (Å²) in [5.41, 5.74) is -1.28. The van der Waals surface area contributed by atoms with E-state index in [0.29, 0.717) is 23.6 Å². The van der Waals surface area contributed by atoms with Crippen molar-refractivity contribution >= 4 is 23.4 Å². The number of aliphatic hydroxyl groups is 1. The highest BCUT2D eigenvalue weighted by molar-refractivity contribution is 6.30. The first-order chi connectivity index (χ1) is 17.5. The normalized spacial score (nSPS) is 15.0. The van der Waals surface area contributed by atoms with Crippen LogP contribution in [0.2, 0.25) is 5.02 Å². The number of alkyl halides is 3. The molecular weight excluding hydrogens is 513 g/mol. The third-order valence-corrected chi connectivity index (χ3v) is 5.96. The van der Waals surface area contributed by atoms with Gasteiger partial charge in [0.1, 0.15) is 17.0 Å². The van der Waals surface area contributed by atoms with Crippen LogP contribution < -0.4 is 15.4 Å². The van der Waals surface area contributed by atoms with Gasteiger partial charge < -0.3 is 20.5 Å². The molecule has 3 N–H and O–H groups in total. The molecule has 194 valence electrons. The first-order valence-corrected chi connectivity index (χ1v) is 11.6. The Balaban J connectivity index is 1.36. The number of nitrogens with zero attached hydrogens (tertiary/aromatic N) is 2. The quantitative estimate of drug-likeness (QED) is 0.390. The number of amides is 2. The van der Waals surface area contributed by atoms with Crippen molar-refractivity contribution in [3.8, 4) is 11.5 Å². The molecule has 1 aromatic carbocycles. The minimum absolute atomic E-state index is 0.0341. The van der Waals surface area contributed by atoms with Crippen LogP contribution in [0.3, 0.4) is 0 Å². The first-order valence-electron chi connectivity index (χ1n) is 11.2. The Morgan fingerprint density at radius 2 is 1.92 bits per heavy atom. The maximum absolute atomic E-state index is 13.5. The molecule has 1 fully saturated rings. The zero-order valence-electron chi connectivity index (χ0n) is 19.5. The van der Waals surface area contributed by atoms with Gasteiger partial charge in [-0.15, -0.1) is 0 Å². The number of pyridine rings is 2. The zero-order valence-corrected chi connectivity index (χ0v) is 20.2. The maximum Gasteiger partial charge on any atom is 0.419 e. The van der Waals surface area contributed by atoms with Crippen LogP contribution in [-0.4, -0.2) is 32.4 Å². The topological polar surface area (TPSA) is 113 Å². The molecule has 0 radical (unpaired) electrons. The Labute approximate surface area is 214 Å². The smallest absolute Gasteiger partial charge is 0.419 e. The van der Waals surface area contributed by atoms with Crippen LogP contribution in [0.1, 0.15) is 53.0 Å². The van der Waals surface area contributed by atoms with Crippen molar-refractivity contribution in [2.24, 2.45) is 0 Å². The van der Waals surface area contributed by atoms with Gasteiger partial charge in [-0.1, -0.05) is 17.7 Å². The van der Waals surface area contributed by atoms with E-state index in [1.54, 1.807) is 0 Å². The van der Waals surface area contributed by atoms with E-state index in [-0.39, 0.29) is 29.3 Å². The fourth-order valence-electron chi connectivity index (χ4n) is 3.52. The van der Waals surface area contributed by atoms with Crippen LogP contribution in [-0.2, 0) is 17.5 Å². The van der Waals surface area contributed by atoms with Crippen molar-refractivity contribution in [2.75, 3.05) is 0 Å². The average Bonchev–Trinajstić information content (AvgIpc) is 3.63. The average molecular weight is 535 g/mol. The van der Waals surface area contributed by atoms with Crippen LogP contribution in [0.15, 0.2) is 55.0 Å². The van der Waals surface area contributed by atoms with Crippen LogP contribution in [0.25, 0.3) is 0 Å². The molecule has 0 spiro atoms. The lowest BCUT2D eigenvalue weighted by Gasteiger charge is -2.17. The molecule has 0 aliphatic heterocycles. The van der Waals surface area contributed by atoms with Crippen LogP contribution in [0.5, 0.6) is 11.5 Å². The Morgan fingerprint density at radius 1 is 1.16 bits per heavy atom. The summed E-state index contributed by atoms with van der Waals surface area (Å²) in [5.74, 6) is -1.22. The van der Waals surface area contributed by atoms with Gasteiger partial charge in [-0.05, 0) is 55.7 Å². The van der Waals surface area contributed by atoms with E-state index in [4.69, 9.17) is 16.3 Å². The van der Waals surface area contributed by atoms with Gasteiger partial charge in [0.2, 0.25) is 5.91 Å². The van der Waals surface area contributed by atoms with Crippen molar-refractivity contribution in [3.05, 3.63) is 82.4 Å². The van der Waals surface area contributed by atoms with Crippen molar-refractivity contribution in [2.45, 2.75) is 44.1 Å². The van der Waals surface area contributed by atoms with Crippen molar-refractivity contribution in [1.29, 1.82) is 0 Å². The number of aromatic nitrogens is 2. The number of benzene rings is 1. The van der Waals surface area contributed by atoms with E-state index in [1.165, 1.54) is 49.8 Å². The molecule has 2 heterocycles. The summed E-state index contributed by atoms with van der Waals surface area (Å²) in [7, 11) is 0. The molecule has 1 atom stereocenters. The first kappa shape index (κ1) is 26.4. The molecule has 8 nitrogen and oxygen atoms in total. The Kier molecular flexibility index (Phi) is 7.37. The third-order valence-electron chi connectivity index (χ3n) is 5.75. The highest BCUT2D eigenvalue weighted by atomic mass is 35.5. The monoisotopic (exact) mass is 534 g/mol. The number of hydrogen-bond acceptors (Lipinski definition) is 6. The lowest BCUT2D eigenvalue weighted by atomic mass is 10.1. The van der Waals surface area contributed by atoms with Gasteiger partial charge in [-0.25, -0.2) is 0 Å². The standard InChI is InChI=1S/C25H22ClF3N4O4/c1-14(34)15-2-5-21(20(9-15)25(27,28)29)37-19-4-3-18(31-13-19)12-32-23(36)24(6-7-24)33-22(35)16-8-17(26)11-30-10-16/h2-5,8-11,13-14,34H,6-7,12H2,1H3,(H,32,36)(H,33,35). The third kappa shape index (κ3) is 6.36. The molecular formula is C25H22ClF3N4O4. The molecule has 4 rings (SSSR count). The summed E-state index contributed by atoms with van der Waals surface area (Å²) in [6.45, 7) is 1.40. The lowest BCUT2D eigenvalue weighted by Crippen LogP contribution is -2.48. The van der Waals surface area contributed by atoms with Gasteiger partial charge in [-0.3, -0.25) is 19.6 Å². The summed E-state index contributed by atoms with van der Waals surface area (Å²) < 4.78 is 45.8. The summed E-state index contributed by atoms with van der Waals surface area (Å²) in [4.78, 5) is 33.2. The number of nitrogens with one attached hydrogen (secondary N) is 2. The molecule has 1 saturated carbocycles. The van der Waals surface area contributed by atoms with Gasteiger partial charge in [0, 0.05) is 12.4 Å². The SMILES string of the molecule is CC(O)c1ccc(Oc2ccc(CNC(=O)C3(NC(=O)c4cncc(Cl)c4)CC3)nc2)c(C(F)(F)F)c1. The summed E-state index contributed by atoms with van der Waals surface area (Å²) >= 11 is 5.86. The Bertz CT molecular complexity index is 1310. The van der Waals surface area contributed by atoms with Crippen molar-refractivity contribution in [3.63, 3.8) is 0 Å². The van der Waals surface area contributed by atoms with Gasteiger partial charge >= 0.3 is 6.18 Å². The van der Waals surface area contributed by atoms with E-state index in [1.807, 2.05) is 0 Å². The molecule has 12 heteroatoms. The van der Waals surface area contributed by atoms with Gasteiger partial charge in [0.05, 0.1) is 40.7 Å². The number of ether oxygens (including phenoxy) is 1. The van der Waals surface area contributed by atoms with Crippen molar-refractivity contribution < 1.29 is 32.6 Å². The second kappa shape index (κ2) is 10.3. The maximum atomic E-state index is 13.5. The lowest BCUT2D eigenvalue weighted by molar-refractivity contribution is -0.138. The molecule has 1 aliphatic rings. The number of carbonyl (C=O) groups is 2. The summed E-state index contributed by atoms with van der Waals surface area (Å²) in [5, 5.41) is 15.3. The predicted octanol–water partition coefficient (Wildman–Crippen LogP) is 4.57. The van der Waals surface area contributed by atoms with Gasteiger partial charge in [0.15, 0.2) is 0 Å². The fourth-order valence-corrected chi connectivity index (χ4v) is 3.69. The molecule has 37 heavy (non-hydrogen) atoms. The van der Waals surface area contributed by atoms with Crippen LogP contribution in [0.4, 0.5) is 13.2 Å². The molecule has 0 saturated heterocycles. The molecule has 0 bridgehead atoms. The number of rotatable bonds is 8. The number of hydrogen-bond donors (Lipinski definition) is 3. The second-order valence-electron chi connectivity index (χ2n) is 8.63.